The van der Waals surface area contributed by atoms with Crippen LogP contribution in [0.1, 0.15) is 22.7 Å². The first-order valence-corrected chi connectivity index (χ1v) is 12.8. The first-order chi connectivity index (χ1) is 16.6. The lowest BCUT2D eigenvalue weighted by Gasteiger charge is -2.20. The Balaban J connectivity index is 1.65. The van der Waals surface area contributed by atoms with Crippen LogP contribution in [0.25, 0.3) is 10.8 Å². The van der Waals surface area contributed by atoms with Crippen molar-refractivity contribution in [2.24, 2.45) is 0 Å². The van der Waals surface area contributed by atoms with Gasteiger partial charge in [-0.2, -0.15) is 4.31 Å². The zero-order chi connectivity index (χ0) is 23.2. The molecule has 166 valence electrons. The maximum atomic E-state index is 14.5. The van der Waals surface area contributed by atoms with Crippen LogP contribution in [0.5, 0.6) is 0 Å². The Morgan fingerprint density at radius 2 is 1.06 bits per heavy atom. The van der Waals surface area contributed by atoms with Gasteiger partial charge >= 0.3 is 0 Å². The molecule has 0 bridgehead atoms. The molecule has 5 aromatic rings. The van der Waals surface area contributed by atoms with Gasteiger partial charge in [0.1, 0.15) is 5.54 Å². The molecule has 1 aliphatic rings. The molecular formula is C30H23NO2S. The molecule has 0 saturated carbocycles. The minimum Gasteiger partial charge on any atom is -0.207 e. The molecule has 4 heteroatoms. The van der Waals surface area contributed by atoms with Gasteiger partial charge in [-0.3, -0.25) is 0 Å². The van der Waals surface area contributed by atoms with Crippen LogP contribution in [0.3, 0.4) is 0 Å². The third kappa shape index (κ3) is 3.03. The zero-order valence-electron chi connectivity index (χ0n) is 18.5. The summed E-state index contributed by atoms with van der Waals surface area (Å²) in [5, 5.41) is 1.64. The van der Waals surface area contributed by atoms with Gasteiger partial charge in [-0.25, -0.2) is 8.42 Å². The molecule has 1 unspecified atom stereocenters. The van der Waals surface area contributed by atoms with Crippen LogP contribution in [-0.4, -0.2) is 12.7 Å². The quantitative estimate of drug-likeness (QED) is 0.279. The Morgan fingerprint density at radius 3 is 1.68 bits per heavy atom. The summed E-state index contributed by atoms with van der Waals surface area (Å²) in [6.07, 6.45) is 0. The summed E-state index contributed by atoms with van der Waals surface area (Å²) < 4.78 is 30.7. The van der Waals surface area contributed by atoms with Gasteiger partial charge in [-0.15, -0.1) is 0 Å². The van der Waals surface area contributed by atoms with Crippen molar-refractivity contribution < 1.29 is 8.42 Å². The molecule has 6 rings (SSSR count). The summed E-state index contributed by atoms with van der Waals surface area (Å²) in [6.45, 7) is 0. The van der Waals surface area contributed by atoms with Gasteiger partial charge in [0.2, 0.25) is 10.0 Å². The normalized spacial score (nSPS) is 19.1. The zero-order valence-corrected chi connectivity index (χ0v) is 19.3. The van der Waals surface area contributed by atoms with E-state index in [2.05, 4.69) is 0 Å². The fourth-order valence-electron chi connectivity index (χ4n) is 5.26. The summed E-state index contributed by atoms with van der Waals surface area (Å²) in [7, 11) is -3.86. The van der Waals surface area contributed by atoms with Crippen LogP contribution in [0.15, 0.2) is 138 Å². The molecule has 1 saturated heterocycles. The Bertz CT molecular complexity index is 1520. The van der Waals surface area contributed by atoms with Gasteiger partial charge in [0.05, 0.1) is 10.9 Å². The monoisotopic (exact) mass is 461 g/mol. The predicted molar refractivity (Wildman–Crippen MR) is 136 cm³/mol. The highest BCUT2D eigenvalue weighted by molar-refractivity contribution is 7.89. The molecular weight excluding hydrogens is 438 g/mol. The second kappa shape index (κ2) is 7.94. The van der Waals surface area contributed by atoms with E-state index in [9.17, 15) is 8.42 Å². The summed E-state index contributed by atoms with van der Waals surface area (Å²) in [4.78, 5) is 0.334. The van der Waals surface area contributed by atoms with Gasteiger partial charge in [-0.05, 0) is 28.1 Å². The molecule has 1 aliphatic heterocycles. The van der Waals surface area contributed by atoms with Gasteiger partial charge in [0.15, 0.2) is 0 Å². The van der Waals surface area contributed by atoms with Gasteiger partial charge < -0.3 is 0 Å². The summed E-state index contributed by atoms with van der Waals surface area (Å²) in [6, 6.07) is 42.7. The molecule has 0 amide bonds. The van der Waals surface area contributed by atoms with E-state index in [0.29, 0.717) is 4.90 Å². The molecule has 2 atom stereocenters. The first kappa shape index (κ1) is 20.8. The molecule has 0 aromatic heterocycles. The smallest absolute Gasteiger partial charge is 0.207 e. The van der Waals surface area contributed by atoms with Crippen molar-refractivity contribution in [3.63, 3.8) is 0 Å². The lowest BCUT2D eigenvalue weighted by Crippen LogP contribution is -2.23. The van der Waals surface area contributed by atoms with Crippen LogP contribution >= 0.6 is 0 Å². The van der Waals surface area contributed by atoms with Crippen molar-refractivity contribution in [2.75, 3.05) is 0 Å². The average molecular weight is 462 g/mol. The molecule has 0 aliphatic carbocycles. The Kier molecular flexibility index (Phi) is 4.87. The highest BCUT2D eigenvalue weighted by Crippen LogP contribution is 2.66. The Hall–Kier alpha value is -3.73. The second-order valence-corrected chi connectivity index (χ2v) is 10.4. The third-order valence-electron chi connectivity index (χ3n) is 6.74. The number of benzene rings is 5. The van der Waals surface area contributed by atoms with Crippen LogP contribution in [-0.2, 0) is 15.6 Å². The molecule has 0 N–H and O–H groups in total. The number of sulfonamides is 1. The lowest BCUT2D eigenvalue weighted by atomic mass is 9.85. The third-order valence-corrected chi connectivity index (χ3v) is 8.67. The largest absolute Gasteiger partial charge is 0.245 e. The van der Waals surface area contributed by atoms with Gasteiger partial charge in [-0.1, -0.05) is 127 Å². The van der Waals surface area contributed by atoms with Gasteiger partial charge in [0, 0.05) is 5.39 Å². The number of rotatable bonds is 5. The van der Waals surface area contributed by atoms with Crippen molar-refractivity contribution in [3.05, 3.63) is 150 Å². The highest BCUT2D eigenvalue weighted by Gasteiger charge is 2.70. The van der Waals surface area contributed by atoms with Crippen molar-refractivity contribution in [2.45, 2.75) is 16.5 Å². The standard InChI is InChI=1S/C30H23NO2S/c32-34(33,28-22-12-16-23-13-10-11-21-27(23)28)31-29(24-14-4-1-5-15-24)30(31,25-17-6-2-7-18-25)26-19-8-3-9-20-26/h1-22,29H/t29-,31?/m1/s1. The molecule has 0 spiro atoms. The lowest BCUT2D eigenvalue weighted by molar-refractivity contribution is 0.531. The molecule has 34 heavy (non-hydrogen) atoms. The first-order valence-electron chi connectivity index (χ1n) is 11.3. The van der Waals surface area contributed by atoms with Crippen LogP contribution in [0.2, 0.25) is 0 Å². The molecule has 0 radical (unpaired) electrons. The minimum atomic E-state index is -3.86. The number of nitrogens with zero attached hydrogens (tertiary/aromatic N) is 1. The summed E-state index contributed by atoms with van der Waals surface area (Å²) in [5.41, 5.74) is 2.05. The maximum Gasteiger partial charge on any atom is 0.245 e. The van der Waals surface area contributed by atoms with Crippen LogP contribution in [0.4, 0.5) is 0 Å². The fraction of sp³-hybridized carbons (Fsp3) is 0.0667. The fourth-order valence-corrected chi connectivity index (χ4v) is 7.38. The van der Waals surface area contributed by atoms with E-state index in [-0.39, 0.29) is 6.04 Å². The average Bonchev–Trinajstić information content (AvgIpc) is 3.62. The van der Waals surface area contributed by atoms with Crippen molar-refractivity contribution >= 4 is 20.8 Å². The minimum absolute atomic E-state index is 0.334. The Morgan fingerprint density at radius 1 is 0.559 bits per heavy atom. The van der Waals surface area contributed by atoms with Gasteiger partial charge in [0.25, 0.3) is 0 Å². The predicted octanol–water partition coefficient (Wildman–Crippen LogP) is 6.53. The second-order valence-electron chi connectivity index (χ2n) is 8.59. The maximum absolute atomic E-state index is 14.5. The van der Waals surface area contributed by atoms with Crippen molar-refractivity contribution in [1.82, 2.24) is 4.31 Å². The van der Waals surface area contributed by atoms with Crippen LogP contribution in [0, 0.1) is 0 Å². The van der Waals surface area contributed by atoms with E-state index in [1.54, 1.807) is 10.4 Å². The SMILES string of the molecule is O=S(=O)(c1cccc2ccccc12)N1[C@H](c2ccccc2)C1(c1ccccc1)c1ccccc1. The van der Waals surface area contributed by atoms with E-state index in [0.717, 1.165) is 27.5 Å². The molecule has 3 nitrogen and oxygen atoms in total. The molecule has 1 fully saturated rings. The Labute approximate surface area is 200 Å². The van der Waals surface area contributed by atoms with E-state index in [1.807, 2.05) is 127 Å². The summed E-state index contributed by atoms with van der Waals surface area (Å²) in [5.74, 6) is 0. The van der Waals surface area contributed by atoms with E-state index < -0.39 is 15.6 Å². The summed E-state index contributed by atoms with van der Waals surface area (Å²) >= 11 is 0. The van der Waals surface area contributed by atoms with Crippen molar-refractivity contribution in [1.29, 1.82) is 0 Å². The van der Waals surface area contributed by atoms with E-state index in [4.69, 9.17) is 0 Å². The van der Waals surface area contributed by atoms with Crippen molar-refractivity contribution in [3.8, 4) is 0 Å². The number of hydrogen-bond donors (Lipinski definition) is 0. The molecule has 5 aromatic carbocycles. The van der Waals surface area contributed by atoms with Crippen LogP contribution < -0.4 is 0 Å². The topological polar surface area (TPSA) is 37.1 Å². The van der Waals surface area contributed by atoms with E-state index in [1.165, 1.54) is 0 Å². The number of fused-ring (bicyclic) bond motifs is 1. The number of hydrogen-bond acceptors (Lipinski definition) is 2. The van der Waals surface area contributed by atoms with E-state index >= 15 is 0 Å². The highest BCUT2D eigenvalue weighted by atomic mass is 32.2. The molecule has 1 heterocycles.